The van der Waals surface area contributed by atoms with E-state index in [1.807, 2.05) is 12.1 Å². The highest BCUT2D eigenvalue weighted by Crippen LogP contribution is 2.36. The Bertz CT molecular complexity index is 980. The van der Waals surface area contributed by atoms with Gasteiger partial charge in [0.15, 0.2) is 6.10 Å². The SMILES string of the molecule is C[C@H](OC(=O)C[C@H]1Sc2ccccc2NC1=O)C(=O)Nc1ccccc1[N+](=O)[O-]. The van der Waals surface area contributed by atoms with Crippen LogP contribution < -0.4 is 10.6 Å². The number of fused-ring (bicyclic) bond motifs is 1. The van der Waals surface area contributed by atoms with Gasteiger partial charge in [0.1, 0.15) is 5.69 Å². The largest absolute Gasteiger partial charge is 0.452 e. The predicted octanol–water partition coefficient (Wildman–Crippen LogP) is 2.97. The lowest BCUT2D eigenvalue weighted by Gasteiger charge is -2.23. The number of nitro benzene ring substituents is 1. The second kappa shape index (κ2) is 8.74. The summed E-state index contributed by atoms with van der Waals surface area (Å²) < 4.78 is 5.11. The minimum Gasteiger partial charge on any atom is -0.452 e. The second-order valence-corrected chi connectivity index (χ2v) is 7.44. The standard InChI is InChI=1S/C19H17N3O6S/c1-11(18(24)20-12-6-2-4-8-14(12)22(26)27)28-17(23)10-16-19(25)21-13-7-3-5-9-15(13)29-16/h2-9,11,16H,10H2,1H3,(H,20,24)(H,21,25)/t11-,16+/m0/s1. The zero-order valence-corrected chi connectivity index (χ0v) is 16.1. The molecule has 0 saturated carbocycles. The third-order valence-electron chi connectivity index (χ3n) is 4.09. The van der Waals surface area contributed by atoms with E-state index < -0.39 is 28.2 Å². The summed E-state index contributed by atoms with van der Waals surface area (Å²) >= 11 is 1.25. The van der Waals surface area contributed by atoms with E-state index in [1.165, 1.54) is 43.0 Å². The molecule has 2 aromatic rings. The molecule has 0 aliphatic carbocycles. The van der Waals surface area contributed by atoms with E-state index in [9.17, 15) is 24.5 Å². The molecule has 0 spiro atoms. The summed E-state index contributed by atoms with van der Waals surface area (Å²) in [6.45, 7) is 1.35. The zero-order valence-electron chi connectivity index (χ0n) is 15.3. The molecular weight excluding hydrogens is 398 g/mol. The van der Waals surface area contributed by atoms with Gasteiger partial charge in [-0.05, 0) is 25.1 Å². The first kappa shape index (κ1) is 20.3. The van der Waals surface area contributed by atoms with Crippen molar-refractivity contribution in [1.82, 2.24) is 0 Å². The summed E-state index contributed by atoms with van der Waals surface area (Å²) in [5, 5.41) is 15.5. The van der Waals surface area contributed by atoms with Crippen LogP contribution in [0.2, 0.25) is 0 Å². The maximum atomic E-state index is 12.2. The number of esters is 1. The highest BCUT2D eigenvalue weighted by Gasteiger charge is 2.30. The number of carbonyl (C=O) groups excluding carboxylic acids is 3. The fourth-order valence-corrected chi connectivity index (χ4v) is 3.75. The molecule has 0 saturated heterocycles. The van der Waals surface area contributed by atoms with Crippen LogP contribution in [0.5, 0.6) is 0 Å². The average molecular weight is 415 g/mol. The Hall–Kier alpha value is -3.40. The van der Waals surface area contributed by atoms with E-state index in [1.54, 1.807) is 12.1 Å². The molecule has 9 nitrogen and oxygen atoms in total. The molecule has 0 aromatic heterocycles. The van der Waals surface area contributed by atoms with Crippen molar-refractivity contribution in [3.63, 3.8) is 0 Å². The van der Waals surface area contributed by atoms with E-state index >= 15 is 0 Å². The number of rotatable bonds is 6. The van der Waals surface area contributed by atoms with Gasteiger partial charge in [-0.1, -0.05) is 24.3 Å². The van der Waals surface area contributed by atoms with Gasteiger partial charge in [0.05, 0.1) is 22.3 Å². The number of nitrogens with zero attached hydrogens (tertiary/aromatic N) is 1. The fourth-order valence-electron chi connectivity index (χ4n) is 2.65. The quantitative estimate of drug-likeness (QED) is 0.422. The minimum absolute atomic E-state index is 0.00391. The molecule has 1 aliphatic heterocycles. The predicted molar refractivity (Wildman–Crippen MR) is 107 cm³/mol. The van der Waals surface area contributed by atoms with Crippen molar-refractivity contribution in [3.8, 4) is 0 Å². The van der Waals surface area contributed by atoms with Crippen LogP contribution in [0.15, 0.2) is 53.4 Å². The van der Waals surface area contributed by atoms with Crippen LogP contribution in [-0.2, 0) is 19.1 Å². The average Bonchev–Trinajstić information content (AvgIpc) is 2.68. The summed E-state index contributed by atoms with van der Waals surface area (Å²) in [6, 6.07) is 12.9. The van der Waals surface area contributed by atoms with E-state index in [2.05, 4.69) is 10.6 Å². The molecule has 1 heterocycles. The number of amides is 2. The van der Waals surface area contributed by atoms with Gasteiger partial charge >= 0.3 is 5.97 Å². The molecule has 2 atom stereocenters. The Morgan fingerprint density at radius 2 is 1.93 bits per heavy atom. The van der Waals surface area contributed by atoms with Gasteiger partial charge in [0, 0.05) is 11.0 Å². The number of carbonyl (C=O) groups is 3. The Morgan fingerprint density at radius 1 is 1.24 bits per heavy atom. The molecule has 1 aliphatic rings. The maximum absolute atomic E-state index is 12.2. The lowest BCUT2D eigenvalue weighted by Crippen LogP contribution is -2.34. The first-order valence-corrected chi connectivity index (χ1v) is 9.53. The van der Waals surface area contributed by atoms with Crippen molar-refractivity contribution < 1.29 is 24.0 Å². The monoisotopic (exact) mass is 415 g/mol. The molecule has 29 heavy (non-hydrogen) atoms. The van der Waals surface area contributed by atoms with Crippen molar-refractivity contribution in [2.75, 3.05) is 10.6 Å². The van der Waals surface area contributed by atoms with Crippen LogP contribution in [0.3, 0.4) is 0 Å². The molecule has 2 aromatic carbocycles. The van der Waals surface area contributed by atoms with E-state index in [4.69, 9.17) is 4.74 Å². The Kier molecular flexibility index (Phi) is 6.13. The third-order valence-corrected chi connectivity index (χ3v) is 5.37. The smallest absolute Gasteiger partial charge is 0.308 e. The minimum atomic E-state index is -1.19. The number of ether oxygens (including phenoxy) is 1. The second-order valence-electron chi connectivity index (χ2n) is 6.19. The van der Waals surface area contributed by atoms with E-state index in [0.29, 0.717) is 5.69 Å². The maximum Gasteiger partial charge on any atom is 0.308 e. The van der Waals surface area contributed by atoms with Gasteiger partial charge in [-0.15, -0.1) is 11.8 Å². The molecule has 0 unspecified atom stereocenters. The summed E-state index contributed by atoms with van der Waals surface area (Å²) in [7, 11) is 0. The van der Waals surface area contributed by atoms with Gasteiger partial charge in [-0.3, -0.25) is 24.5 Å². The summed E-state index contributed by atoms with van der Waals surface area (Å²) in [6.07, 6.45) is -1.40. The fraction of sp³-hybridized carbons (Fsp3) is 0.211. The first-order chi connectivity index (χ1) is 13.8. The summed E-state index contributed by atoms with van der Waals surface area (Å²) in [5.41, 5.74) is 0.418. The molecule has 150 valence electrons. The lowest BCUT2D eigenvalue weighted by atomic mass is 10.2. The molecule has 10 heteroatoms. The van der Waals surface area contributed by atoms with Gasteiger partial charge in [-0.25, -0.2) is 0 Å². The number of anilines is 2. The lowest BCUT2D eigenvalue weighted by molar-refractivity contribution is -0.383. The highest BCUT2D eigenvalue weighted by atomic mass is 32.2. The Morgan fingerprint density at radius 3 is 2.69 bits per heavy atom. The van der Waals surface area contributed by atoms with Crippen molar-refractivity contribution >= 4 is 46.6 Å². The number of benzene rings is 2. The van der Waals surface area contributed by atoms with Crippen molar-refractivity contribution in [3.05, 3.63) is 58.6 Å². The molecule has 0 bridgehead atoms. The van der Waals surface area contributed by atoms with Crippen LogP contribution >= 0.6 is 11.8 Å². The normalized spacial score (nSPS) is 16.2. The number of hydrogen-bond donors (Lipinski definition) is 2. The van der Waals surface area contributed by atoms with Crippen molar-refractivity contribution in [2.24, 2.45) is 0 Å². The van der Waals surface area contributed by atoms with Gasteiger partial charge in [0.25, 0.3) is 11.6 Å². The molecule has 0 radical (unpaired) electrons. The van der Waals surface area contributed by atoms with Crippen LogP contribution in [0.4, 0.5) is 17.1 Å². The summed E-state index contributed by atoms with van der Waals surface area (Å²) in [4.78, 5) is 47.9. The summed E-state index contributed by atoms with van der Waals surface area (Å²) in [5.74, 6) is -1.75. The van der Waals surface area contributed by atoms with Gasteiger partial charge < -0.3 is 15.4 Å². The third kappa shape index (κ3) is 4.91. The topological polar surface area (TPSA) is 128 Å². The zero-order chi connectivity index (χ0) is 21.0. The number of nitrogens with one attached hydrogen (secondary N) is 2. The number of thioether (sulfide) groups is 1. The highest BCUT2D eigenvalue weighted by molar-refractivity contribution is 8.01. The first-order valence-electron chi connectivity index (χ1n) is 8.65. The van der Waals surface area contributed by atoms with Crippen LogP contribution in [0.25, 0.3) is 0 Å². The molecule has 3 rings (SSSR count). The van der Waals surface area contributed by atoms with Gasteiger partial charge in [0.2, 0.25) is 5.91 Å². The molecule has 2 amide bonds. The molecule has 0 fully saturated rings. The van der Waals surface area contributed by atoms with Crippen LogP contribution in [0.1, 0.15) is 13.3 Å². The Balaban J connectivity index is 1.57. The number of para-hydroxylation sites is 3. The van der Waals surface area contributed by atoms with Crippen LogP contribution in [-0.4, -0.2) is 34.1 Å². The van der Waals surface area contributed by atoms with E-state index in [0.717, 1.165) is 4.90 Å². The van der Waals surface area contributed by atoms with Crippen LogP contribution in [0, 0.1) is 10.1 Å². The number of hydrogen-bond acceptors (Lipinski definition) is 7. The molecular formula is C19H17N3O6S. The Labute approximate surface area is 170 Å². The van der Waals surface area contributed by atoms with Crippen molar-refractivity contribution in [2.45, 2.75) is 29.6 Å². The van der Waals surface area contributed by atoms with Gasteiger partial charge in [-0.2, -0.15) is 0 Å². The van der Waals surface area contributed by atoms with Crippen molar-refractivity contribution in [1.29, 1.82) is 0 Å². The molecule has 2 N–H and O–H groups in total. The number of nitro groups is 1. The van der Waals surface area contributed by atoms with E-state index in [-0.39, 0.29) is 23.7 Å².